The zero-order valence-electron chi connectivity index (χ0n) is 13.7. The summed E-state index contributed by atoms with van der Waals surface area (Å²) >= 11 is 1.06. The van der Waals surface area contributed by atoms with E-state index in [0.717, 1.165) is 22.0 Å². The van der Waals surface area contributed by atoms with Crippen molar-refractivity contribution in [2.45, 2.75) is 30.8 Å². The van der Waals surface area contributed by atoms with Crippen LogP contribution in [0, 0.1) is 6.92 Å². The molecule has 0 unspecified atom stereocenters. The van der Waals surface area contributed by atoms with Gasteiger partial charge in [-0.1, -0.05) is 17.8 Å². The number of fused-ring (bicyclic) bond motifs is 1. The van der Waals surface area contributed by atoms with E-state index in [2.05, 4.69) is 15.5 Å². The number of nitrogen functional groups attached to an aromatic ring is 1. The minimum atomic E-state index is -0.500. The molecular weight excluding hydrogens is 346 g/mol. The number of hydrogen-bond donors (Lipinski definition) is 2. The van der Waals surface area contributed by atoms with Gasteiger partial charge in [-0.3, -0.25) is 9.59 Å². The summed E-state index contributed by atoms with van der Waals surface area (Å²) in [5.41, 5.74) is 0.651. The van der Waals surface area contributed by atoms with E-state index in [4.69, 9.17) is 15.3 Å². The van der Waals surface area contributed by atoms with Crippen LogP contribution in [0.2, 0.25) is 0 Å². The van der Waals surface area contributed by atoms with Gasteiger partial charge in [-0.05, 0) is 31.5 Å². The molecule has 0 aliphatic carbocycles. The van der Waals surface area contributed by atoms with Gasteiger partial charge in [0.05, 0.1) is 5.25 Å². The molecule has 1 aromatic carbocycles. The fourth-order valence-electron chi connectivity index (χ4n) is 2.15. The second-order valence-corrected chi connectivity index (χ2v) is 6.72. The first-order valence-corrected chi connectivity index (χ1v) is 8.38. The predicted octanol–water partition coefficient (Wildman–Crippen LogP) is 0.186. The topological polar surface area (TPSA) is 121 Å². The van der Waals surface area contributed by atoms with E-state index < -0.39 is 10.8 Å². The molecule has 132 valence electrons. The third-order valence-electron chi connectivity index (χ3n) is 3.58. The molecule has 0 saturated heterocycles. The number of benzene rings is 1. The third-order valence-corrected chi connectivity index (χ3v) is 4.63. The van der Waals surface area contributed by atoms with Crippen molar-refractivity contribution in [1.29, 1.82) is 0 Å². The van der Waals surface area contributed by atoms with Crippen LogP contribution in [0.1, 0.15) is 18.2 Å². The van der Waals surface area contributed by atoms with E-state index in [0.29, 0.717) is 18.0 Å². The lowest BCUT2D eigenvalue weighted by Gasteiger charge is -2.13. The lowest BCUT2D eigenvalue weighted by atomic mass is 10.2. The molecule has 0 bridgehead atoms. The summed E-state index contributed by atoms with van der Waals surface area (Å²) in [6, 6.07) is 5.48. The minimum absolute atomic E-state index is 0.182. The van der Waals surface area contributed by atoms with Crippen molar-refractivity contribution < 1.29 is 14.3 Å². The van der Waals surface area contributed by atoms with Crippen LogP contribution < -0.4 is 26.2 Å². The summed E-state index contributed by atoms with van der Waals surface area (Å²) in [6.45, 7) is 3.77. The van der Waals surface area contributed by atoms with E-state index in [1.165, 1.54) is 6.92 Å². The average Bonchev–Trinajstić information content (AvgIpc) is 3.07. The van der Waals surface area contributed by atoms with Crippen LogP contribution in [0.15, 0.2) is 28.2 Å². The maximum atomic E-state index is 12.3. The van der Waals surface area contributed by atoms with Gasteiger partial charge in [0.2, 0.25) is 17.9 Å². The van der Waals surface area contributed by atoms with Crippen LogP contribution in [0.5, 0.6) is 11.5 Å². The van der Waals surface area contributed by atoms with Gasteiger partial charge >= 0.3 is 0 Å². The predicted molar refractivity (Wildman–Crippen MR) is 90.9 cm³/mol. The van der Waals surface area contributed by atoms with Crippen molar-refractivity contribution in [2.24, 2.45) is 0 Å². The molecule has 1 amide bonds. The van der Waals surface area contributed by atoms with Gasteiger partial charge in [0.15, 0.2) is 11.5 Å². The first-order valence-electron chi connectivity index (χ1n) is 7.50. The molecule has 25 heavy (non-hydrogen) atoms. The number of nitrogens with one attached hydrogen (secondary N) is 1. The largest absolute Gasteiger partial charge is 0.454 e. The quantitative estimate of drug-likeness (QED) is 0.570. The zero-order valence-corrected chi connectivity index (χ0v) is 14.5. The Labute approximate surface area is 147 Å². The SMILES string of the molecule is Cc1nnc(S[C@H](C)C(=O)NCc2ccc3c(c2)OCO3)n(N)c1=O. The fraction of sp³-hybridized carbons (Fsp3) is 0.333. The van der Waals surface area contributed by atoms with Crippen molar-refractivity contribution in [1.82, 2.24) is 20.2 Å². The molecular formula is C15H17N5O4S. The lowest BCUT2D eigenvalue weighted by Crippen LogP contribution is -2.35. The minimum Gasteiger partial charge on any atom is -0.454 e. The summed E-state index contributed by atoms with van der Waals surface area (Å²) in [6.07, 6.45) is 0. The van der Waals surface area contributed by atoms with E-state index >= 15 is 0 Å². The van der Waals surface area contributed by atoms with Crippen LogP contribution in [0.3, 0.4) is 0 Å². The molecule has 10 heteroatoms. The maximum absolute atomic E-state index is 12.3. The van der Waals surface area contributed by atoms with Crippen LogP contribution in [0.4, 0.5) is 0 Å². The fourth-order valence-corrected chi connectivity index (χ4v) is 2.94. The van der Waals surface area contributed by atoms with E-state index in [1.54, 1.807) is 13.0 Å². The van der Waals surface area contributed by atoms with Crippen LogP contribution in [-0.2, 0) is 11.3 Å². The molecule has 0 radical (unpaired) electrons. The van der Waals surface area contributed by atoms with Crippen LogP contribution >= 0.6 is 11.8 Å². The second kappa shape index (κ2) is 7.01. The molecule has 1 aliphatic heterocycles. The summed E-state index contributed by atoms with van der Waals surface area (Å²) in [4.78, 5) is 24.0. The highest BCUT2D eigenvalue weighted by Crippen LogP contribution is 2.32. The number of carbonyl (C=O) groups excluding carboxylic acids is 1. The van der Waals surface area contributed by atoms with Crippen molar-refractivity contribution in [3.05, 3.63) is 39.8 Å². The number of aryl methyl sites for hydroxylation is 1. The summed E-state index contributed by atoms with van der Waals surface area (Å²) < 4.78 is 11.5. The molecule has 0 fully saturated rings. The Morgan fingerprint density at radius 1 is 1.40 bits per heavy atom. The lowest BCUT2D eigenvalue weighted by molar-refractivity contribution is -0.120. The molecule has 1 aromatic heterocycles. The third kappa shape index (κ3) is 3.68. The molecule has 9 nitrogen and oxygen atoms in total. The van der Waals surface area contributed by atoms with E-state index in [-0.39, 0.29) is 23.6 Å². The van der Waals surface area contributed by atoms with Crippen LogP contribution in [0.25, 0.3) is 0 Å². The van der Waals surface area contributed by atoms with Gasteiger partial charge in [0.1, 0.15) is 5.69 Å². The van der Waals surface area contributed by atoms with Gasteiger partial charge in [-0.15, -0.1) is 10.2 Å². The number of thioether (sulfide) groups is 1. The second-order valence-electron chi connectivity index (χ2n) is 5.41. The molecule has 0 saturated carbocycles. The number of amides is 1. The molecule has 3 N–H and O–H groups in total. The monoisotopic (exact) mass is 363 g/mol. The zero-order chi connectivity index (χ0) is 18.0. The summed E-state index contributed by atoms with van der Waals surface area (Å²) in [7, 11) is 0. The first-order chi connectivity index (χ1) is 12.0. The number of hydrogen-bond acceptors (Lipinski definition) is 8. The molecule has 2 heterocycles. The molecule has 1 atom stereocenters. The highest BCUT2D eigenvalue weighted by Gasteiger charge is 2.19. The Kier molecular flexibility index (Phi) is 4.79. The normalized spacial score (nSPS) is 13.5. The van der Waals surface area contributed by atoms with Gasteiger partial charge < -0.3 is 20.6 Å². The Morgan fingerprint density at radius 2 is 2.16 bits per heavy atom. The number of nitrogens with zero attached hydrogens (tertiary/aromatic N) is 3. The highest BCUT2D eigenvalue weighted by atomic mass is 32.2. The maximum Gasteiger partial charge on any atom is 0.294 e. The molecule has 1 aliphatic rings. The van der Waals surface area contributed by atoms with Gasteiger partial charge in [0.25, 0.3) is 5.56 Å². The molecule has 3 rings (SSSR count). The Hall–Kier alpha value is -2.75. The van der Waals surface area contributed by atoms with Gasteiger partial charge in [-0.2, -0.15) is 4.68 Å². The summed E-state index contributed by atoms with van der Waals surface area (Å²) in [5, 5.41) is 10.1. The summed E-state index contributed by atoms with van der Waals surface area (Å²) in [5.74, 6) is 6.82. The van der Waals surface area contributed by atoms with Crippen molar-refractivity contribution in [3.63, 3.8) is 0 Å². The van der Waals surface area contributed by atoms with Crippen molar-refractivity contribution >= 4 is 17.7 Å². The van der Waals surface area contributed by atoms with Gasteiger partial charge in [-0.25, -0.2) is 0 Å². The van der Waals surface area contributed by atoms with Gasteiger partial charge in [0, 0.05) is 6.54 Å². The number of ether oxygens (including phenoxy) is 2. The first kappa shape index (κ1) is 17.1. The molecule has 0 spiro atoms. The van der Waals surface area contributed by atoms with Crippen molar-refractivity contribution in [2.75, 3.05) is 12.6 Å². The van der Waals surface area contributed by atoms with Crippen molar-refractivity contribution in [3.8, 4) is 11.5 Å². The number of nitrogens with two attached hydrogens (primary N) is 1. The standard InChI is InChI=1S/C15H17N5O4S/c1-8-14(22)20(16)15(19-18-8)25-9(2)13(21)17-6-10-3-4-11-12(5-10)24-7-23-11/h3-5,9H,6-7,16H2,1-2H3,(H,17,21)/t9-/m1/s1. The molecule has 2 aromatic rings. The Bertz CT molecular complexity index is 869. The number of carbonyl (C=O) groups is 1. The number of rotatable bonds is 5. The van der Waals surface area contributed by atoms with Crippen LogP contribution in [-0.4, -0.2) is 32.8 Å². The average molecular weight is 363 g/mol. The van der Waals surface area contributed by atoms with E-state index in [9.17, 15) is 9.59 Å². The highest BCUT2D eigenvalue weighted by molar-refractivity contribution is 8.00. The number of aromatic nitrogens is 3. The Balaban J connectivity index is 1.60. The van der Waals surface area contributed by atoms with E-state index in [1.807, 2.05) is 12.1 Å². The smallest absolute Gasteiger partial charge is 0.294 e. The Morgan fingerprint density at radius 3 is 2.96 bits per heavy atom.